The van der Waals surface area contributed by atoms with Crippen molar-refractivity contribution in [2.24, 2.45) is 5.92 Å². The molecule has 0 saturated carbocycles. The molecule has 30 heavy (non-hydrogen) atoms. The van der Waals surface area contributed by atoms with Gasteiger partial charge in [-0.15, -0.1) is 0 Å². The van der Waals surface area contributed by atoms with E-state index in [1.807, 2.05) is 67.1 Å². The van der Waals surface area contributed by atoms with Crippen molar-refractivity contribution in [3.8, 4) is 5.75 Å². The Morgan fingerprint density at radius 1 is 1.17 bits per heavy atom. The zero-order valence-corrected chi connectivity index (χ0v) is 18.1. The first-order valence-electron chi connectivity index (χ1n) is 10.1. The van der Waals surface area contributed by atoms with Crippen molar-refractivity contribution in [3.63, 3.8) is 0 Å². The molecule has 0 N–H and O–H groups in total. The first-order valence-corrected chi connectivity index (χ1v) is 10.5. The molecule has 0 saturated heterocycles. The van der Waals surface area contributed by atoms with Crippen molar-refractivity contribution >= 4 is 23.5 Å². The van der Waals surface area contributed by atoms with Crippen molar-refractivity contribution in [1.82, 2.24) is 14.8 Å². The average Bonchev–Trinajstić information content (AvgIpc) is 3.22. The SMILES string of the molecule is COc1ccccc1[C@@H]1C[C@H](c2ccc(Cl)cc2)N(C(=O)CC(C)C)c2ncnn21. The fourth-order valence-electron chi connectivity index (χ4n) is 4.10. The summed E-state index contributed by atoms with van der Waals surface area (Å²) < 4.78 is 7.45. The Balaban J connectivity index is 1.84. The summed E-state index contributed by atoms with van der Waals surface area (Å²) in [7, 11) is 1.67. The van der Waals surface area contributed by atoms with Gasteiger partial charge in [-0.25, -0.2) is 4.68 Å². The number of halogens is 1. The van der Waals surface area contributed by atoms with Crippen LogP contribution in [0, 0.1) is 5.92 Å². The highest BCUT2D eigenvalue weighted by Crippen LogP contribution is 2.44. The Hall–Kier alpha value is -2.86. The number of hydrogen-bond donors (Lipinski definition) is 0. The maximum absolute atomic E-state index is 13.3. The second-order valence-electron chi connectivity index (χ2n) is 7.93. The number of nitrogens with zero attached hydrogens (tertiary/aromatic N) is 4. The number of carbonyl (C=O) groups is 1. The molecule has 2 heterocycles. The summed E-state index contributed by atoms with van der Waals surface area (Å²) in [5.74, 6) is 1.63. The lowest BCUT2D eigenvalue weighted by Gasteiger charge is -2.39. The summed E-state index contributed by atoms with van der Waals surface area (Å²) in [6.45, 7) is 4.09. The molecule has 7 heteroatoms. The molecule has 1 aliphatic rings. The third kappa shape index (κ3) is 3.79. The van der Waals surface area contributed by atoms with E-state index >= 15 is 0 Å². The van der Waals surface area contributed by atoms with Crippen molar-refractivity contribution < 1.29 is 9.53 Å². The van der Waals surface area contributed by atoms with E-state index in [1.165, 1.54) is 6.33 Å². The Morgan fingerprint density at radius 2 is 1.90 bits per heavy atom. The van der Waals surface area contributed by atoms with Gasteiger partial charge in [-0.2, -0.15) is 10.1 Å². The largest absolute Gasteiger partial charge is 0.496 e. The van der Waals surface area contributed by atoms with Gasteiger partial charge in [0, 0.05) is 17.0 Å². The summed E-state index contributed by atoms with van der Waals surface area (Å²) in [4.78, 5) is 19.6. The maximum Gasteiger partial charge on any atom is 0.231 e. The zero-order chi connectivity index (χ0) is 21.3. The van der Waals surface area contributed by atoms with Crippen LogP contribution in [-0.2, 0) is 4.79 Å². The lowest BCUT2D eigenvalue weighted by Crippen LogP contribution is -2.43. The third-order valence-electron chi connectivity index (χ3n) is 5.43. The Labute approximate surface area is 181 Å². The van der Waals surface area contributed by atoms with Crippen LogP contribution in [0.2, 0.25) is 5.02 Å². The van der Waals surface area contributed by atoms with Crippen LogP contribution < -0.4 is 9.64 Å². The smallest absolute Gasteiger partial charge is 0.231 e. The van der Waals surface area contributed by atoms with Crippen LogP contribution in [0.1, 0.15) is 49.9 Å². The summed E-state index contributed by atoms with van der Waals surface area (Å²) in [5.41, 5.74) is 2.03. The molecule has 0 unspecified atom stereocenters. The Morgan fingerprint density at radius 3 is 2.60 bits per heavy atom. The van der Waals surface area contributed by atoms with Gasteiger partial charge in [0.15, 0.2) is 0 Å². The summed E-state index contributed by atoms with van der Waals surface area (Å²) >= 11 is 6.12. The van der Waals surface area contributed by atoms with E-state index in [0.29, 0.717) is 23.8 Å². The molecule has 156 valence electrons. The average molecular weight is 425 g/mol. The minimum absolute atomic E-state index is 0.0395. The number of carbonyl (C=O) groups excluding carboxylic acids is 1. The van der Waals surface area contributed by atoms with Crippen LogP contribution in [0.5, 0.6) is 5.75 Å². The van der Waals surface area contributed by atoms with Gasteiger partial charge in [-0.1, -0.05) is 55.8 Å². The predicted molar refractivity (Wildman–Crippen MR) is 117 cm³/mol. The van der Waals surface area contributed by atoms with Crippen molar-refractivity contribution in [1.29, 1.82) is 0 Å². The molecule has 0 bridgehead atoms. The van der Waals surface area contributed by atoms with E-state index in [1.54, 1.807) is 12.0 Å². The molecule has 2 atom stereocenters. The molecular weight excluding hydrogens is 400 g/mol. The van der Waals surface area contributed by atoms with Crippen LogP contribution in [0.3, 0.4) is 0 Å². The van der Waals surface area contributed by atoms with Crippen LogP contribution in [0.25, 0.3) is 0 Å². The molecule has 0 radical (unpaired) electrons. The number of anilines is 1. The highest BCUT2D eigenvalue weighted by atomic mass is 35.5. The van der Waals surface area contributed by atoms with Gasteiger partial charge in [0.05, 0.1) is 19.2 Å². The highest BCUT2D eigenvalue weighted by Gasteiger charge is 2.40. The summed E-state index contributed by atoms with van der Waals surface area (Å²) in [5, 5.41) is 5.14. The van der Waals surface area contributed by atoms with Crippen molar-refractivity contribution in [2.75, 3.05) is 12.0 Å². The van der Waals surface area contributed by atoms with E-state index in [-0.39, 0.29) is 23.9 Å². The van der Waals surface area contributed by atoms with E-state index in [2.05, 4.69) is 10.1 Å². The number of aromatic nitrogens is 3. The topological polar surface area (TPSA) is 60.2 Å². The molecule has 3 aromatic rings. The van der Waals surface area contributed by atoms with E-state index in [9.17, 15) is 4.79 Å². The van der Waals surface area contributed by atoms with E-state index < -0.39 is 0 Å². The number of hydrogen-bond acceptors (Lipinski definition) is 4. The van der Waals surface area contributed by atoms with Crippen LogP contribution >= 0.6 is 11.6 Å². The van der Waals surface area contributed by atoms with Gasteiger partial charge in [0.1, 0.15) is 12.1 Å². The first kappa shape index (κ1) is 20.4. The summed E-state index contributed by atoms with van der Waals surface area (Å²) in [6.07, 6.45) is 2.61. The monoisotopic (exact) mass is 424 g/mol. The van der Waals surface area contributed by atoms with Crippen LogP contribution in [0.4, 0.5) is 5.95 Å². The number of amides is 1. The van der Waals surface area contributed by atoms with Crippen LogP contribution in [-0.4, -0.2) is 27.8 Å². The molecule has 4 rings (SSSR count). The fraction of sp³-hybridized carbons (Fsp3) is 0.348. The lowest BCUT2D eigenvalue weighted by atomic mass is 9.91. The minimum Gasteiger partial charge on any atom is -0.496 e. The van der Waals surface area contributed by atoms with Gasteiger partial charge < -0.3 is 4.74 Å². The van der Waals surface area contributed by atoms with Gasteiger partial charge >= 0.3 is 0 Å². The van der Waals surface area contributed by atoms with E-state index in [0.717, 1.165) is 16.9 Å². The number of ether oxygens (including phenoxy) is 1. The number of benzene rings is 2. The summed E-state index contributed by atoms with van der Waals surface area (Å²) in [6, 6.07) is 15.3. The fourth-order valence-corrected chi connectivity index (χ4v) is 4.22. The van der Waals surface area contributed by atoms with Gasteiger partial charge in [-0.05, 0) is 36.1 Å². The molecule has 1 aliphatic heterocycles. The molecule has 0 aliphatic carbocycles. The number of methoxy groups -OCH3 is 1. The molecule has 1 aromatic heterocycles. The number of fused-ring (bicyclic) bond motifs is 1. The standard InChI is InChI=1S/C23H25ClN4O2/c1-15(2)12-22(29)27-19(16-8-10-17(24)11-9-16)13-20(28-23(27)25-14-26-28)18-6-4-5-7-21(18)30-3/h4-11,14-15,19-20H,12-13H2,1-3H3/t19-,20+/m1/s1. The molecule has 0 spiro atoms. The second-order valence-corrected chi connectivity index (χ2v) is 8.36. The van der Waals surface area contributed by atoms with Gasteiger partial charge in [-0.3, -0.25) is 9.69 Å². The Bertz CT molecular complexity index is 1030. The maximum atomic E-state index is 13.3. The lowest BCUT2D eigenvalue weighted by molar-refractivity contribution is -0.120. The normalized spacial score (nSPS) is 18.4. The van der Waals surface area contributed by atoms with Crippen molar-refractivity contribution in [2.45, 2.75) is 38.8 Å². The van der Waals surface area contributed by atoms with E-state index in [4.69, 9.17) is 16.3 Å². The Kier molecular flexibility index (Phi) is 5.77. The van der Waals surface area contributed by atoms with Crippen molar-refractivity contribution in [3.05, 3.63) is 71.0 Å². The van der Waals surface area contributed by atoms with Gasteiger partial charge in [0.2, 0.25) is 11.9 Å². The molecule has 0 fully saturated rings. The predicted octanol–water partition coefficient (Wildman–Crippen LogP) is 5.05. The van der Waals surface area contributed by atoms with Crippen LogP contribution in [0.15, 0.2) is 54.9 Å². The molecule has 2 aromatic carbocycles. The molecule has 1 amide bonds. The van der Waals surface area contributed by atoms with Gasteiger partial charge in [0.25, 0.3) is 0 Å². The third-order valence-corrected chi connectivity index (χ3v) is 5.68. The number of para-hydroxylation sites is 1. The zero-order valence-electron chi connectivity index (χ0n) is 17.3. The second kappa shape index (κ2) is 8.48. The highest BCUT2D eigenvalue weighted by molar-refractivity contribution is 6.30. The quantitative estimate of drug-likeness (QED) is 0.574. The first-order chi connectivity index (χ1) is 14.5. The molecular formula is C23H25ClN4O2. The molecule has 6 nitrogen and oxygen atoms in total. The number of rotatable bonds is 5. The minimum atomic E-state index is -0.180.